The third-order valence-electron chi connectivity index (χ3n) is 10.0. The van der Waals surface area contributed by atoms with E-state index in [-0.39, 0.29) is 0 Å². The molecule has 0 bridgehead atoms. The first-order chi connectivity index (χ1) is 20.2. The number of fused-ring (bicyclic) bond motifs is 2. The Labute approximate surface area is 240 Å². The highest BCUT2D eigenvalue weighted by Gasteiger charge is 2.44. The van der Waals surface area contributed by atoms with E-state index in [0.29, 0.717) is 17.9 Å². The van der Waals surface area contributed by atoms with Crippen molar-refractivity contribution in [3.05, 3.63) is 60.9 Å². The molecule has 3 saturated heterocycles. The maximum atomic E-state index is 6.41. The van der Waals surface area contributed by atoms with Crippen molar-refractivity contribution in [1.29, 1.82) is 0 Å². The minimum absolute atomic E-state index is 0.301. The molecule has 41 heavy (non-hydrogen) atoms. The highest BCUT2D eigenvalue weighted by Crippen LogP contribution is 2.40. The maximum absolute atomic E-state index is 6.41. The van der Waals surface area contributed by atoms with Gasteiger partial charge in [0.15, 0.2) is 5.65 Å². The van der Waals surface area contributed by atoms with Crippen molar-refractivity contribution in [3.63, 3.8) is 0 Å². The van der Waals surface area contributed by atoms with Gasteiger partial charge in [0.2, 0.25) is 0 Å². The second kappa shape index (κ2) is 10.4. The number of anilines is 1. The van der Waals surface area contributed by atoms with Gasteiger partial charge in [-0.15, -0.1) is 0 Å². The number of piperidine rings is 1. The Morgan fingerprint density at radius 3 is 2.22 bits per heavy atom. The summed E-state index contributed by atoms with van der Waals surface area (Å²) in [5.74, 6) is 3.90. The molecule has 1 unspecified atom stereocenters. The van der Waals surface area contributed by atoms with Crippen LogP contribution in [0.2, 0.25) is 0 Å². The Bertz CT molecular complexity index is 1500. The number of nitrogens with zero attached hydrogens (tertiary/aromatic N) is 6. The van der Waals surface area contributed by atoms with Gasteiger partial charge in [-0.2, -0.15) is 5.10 Å². The summed E-state index contributed by atoms with van der Waals surface area (Å²) in [6.07, 6.45) is 6.49. The maximum Gasteiger partial charge on any atom is 0.164 e. The molecule has 9 nitrogen and oxygen atoms in total. The molecular weight excluding hydrogens is 512 g/mol. The number of nitrogen functional groups attached to an aromatic ring is 1. The van der Waals surface area contributed by atoms with Gasteiger partial charge in [-0.1, -0.05) is 18.2 Å². The number of hydrogen-bond donors (Lipinski definition) is 2. The van der Waals surface area contributed by atoms with Gasteiger partial charge < -0.3 is 15.8 Å². The first kappa shape index (κ1) is 25.2. The van der Waals surface area contributed by atoms with Crippen molar-refractivity contribution in [2.75, 3.05) is 45.0 Å². The number of ether oxygens (including phenoxy) is 1. The van der Waals surface area contributed by atoms with Crippen molar-refractivity contribution in [3.8, 4) is 22.8 Å². The number of hydrogen-bond acceptors (Lipinski definition) is 8. The predicted octanol–water partition coefficient (Wildman–Crippen LogP) is 4.19. The zero-order valence-corrected chi connectivity index (χ0v) is 23.4. The van der Waals surface area contributed by atoms with Crippen molar-refractivity contribution in [1.82, 2.24) is 34.9 Å². The van der Waals surface area contributed by atoms with Gasteiger partial charge in [0.1, 0.15) is 29.3 Å². The Balaban J connectivity index is 0.949. The Morgan fingerprint density at radius 1 is 0.780 bits per heavy atom. The number of likely N-dealkylation sites (tertiary alicyclic amines) is 2. The molecule has 4 fully saturated rings. The van der Waals surface area contributed by atoms with Gasteiger partial charge >= 0.3 is 0 Å². The number of nitrogens with two attached hydrogens (primary N) is 1. The molecule has 1 aliphatic carbocycles. The molecule has 2 aromatic heterocycles. The van der Waals surface area contributed by atoms with Gasteiger partial charge in [-0.3, -0.25) is 9.80 Å². The van der Waals surface area contributed by atoms with Crippen LogP contribution in [0.25, 0.3) is 22.3 Å². The van der Waals surface area contributed by atoms with Crippen LogP contribution >= 0.6 is 0 Å². The summed E-state index contributed by atoms with van der Waals surface area (Å²) in [7, 11) is 0. The number of para-hydroxylation sites is 1. The van der Waals surface area contributed by atoms with Crippen LogP contribution in [-0.4, -0.2) is 80.9 Å². The second-order valence-corrected chi connectivity index (χ2v) is 12.4. The Morgan fingerprint density at radius 2 is 1.49 bits per heavy atom. The average Bonchev–Trinajstić information content (AvgIpc) is 3.69. The third kappa shape index (κ3) is 4.66. The fraction of sp³-hybridized carbons (Fsp3) is 0.469. The molecule has 9 heteroatoms. The molecule has 3 N–H and O–H groups in total. The van der Waals surface area contributed by atoms with Gasteiger partial charge in [-0.05, 0) is 87.0 Å². The van der Waals surface area contributed by atoms with E-state index in [2.05, 4.69) is 29.8 Å². The van der Waals surface area contributed by atoms with Gasteiger partial charge in [-0.25, -0.2) is 14.6 Å². The quantitative estimate of drug-likeness (QED) is 0.369. The lowest BCUT2D eigenvalue weighted by Gasteiger charge is -2.50. The minimum Gasteiger partial charge on any atom is -0.457 e. The molecule has 3 atom stereocenters. The highest BCUT2D eigenvalue weighted by molar-refractivity contribution is 5.98. The van der Waals surface area contributed by atoms with E-state index in [1.54, 1.807) is 6.33 Å². The Hall–Kier alpha value is -3.53. The number of rotatable bonds is 6. The van der Waals surface area contributed by atoms with Crippen LogP contribution in [0.15, 0.2) is 60.9 Å². The van der Waals surface area contributed by atoms with Crippen LogP contribution in [0.1, 0.15) is 31.7 Å². The van der Waals surface area contributed by atoms with E-state index in [1.807, 2.05) is 54.6 Å². The Kier molecular flexibility index (Phi) is 6.38. The van der Waals surface area contributed by atoms with Crippen LogP contribution in [-0.2, 0) is 0 Å². The monoisotopic (exact) mass is 550 g/mol. The molecule has 4 aliphatic rings. The van der Waals surface area contributed by atoms with Gasteiger partial charge in [0.05, 0.1) is 11.4 Å². The van der Waals surface area contributed by atoms with E-state index in [4.69, 9.17) is 15.6 Å². The van der Waals surface area contributed by atoms with Crippen LogP contribution in [0.4, 0.5) is 5.82 Å². The molecule has 3 aliphatic heterocycles. The summed E-state index contributed by atoms with van der Waals surface area (Å²) < 4.78 is 8.11. The topological polar surface area (TPSA) is 97.4 Å². The van der Waals surface area contributed by atoms with Gasteiger partial charge in [0, 0.05) is 43.8 Å². The van der Waals surface area contributed by atoms with Crippen LogP contribution in [0.5, 0.6) is 11.5 Å². The van der Waals surface area contributed by atoms with Crippen LogP contribution < -0.4 is 15.8 Å². The summed E-state index contributed by atoms with van der Waals surface area (Å²) in [6, 6.07) is 19.7. The molecular formula is C32H38N8O. The van der Waals surface area contributed by atoms with Crippen molar-refractivity contribution < 1.29 is 4.74 Å². The minimum atomic E-state index is 0.301. The lowest BCUT2D eigenvalue weighted by Crippen LogP contribution is -2.63. The van der Waals surface area contributed by atoms with Crippen molar-refractivity contribution in [2.24, 2.45) is 11.8 Å². The first-order valence-corrected chi connectivity index (χ1v) is 15.2. The molecule has 4 aromatic rings. The molecule has 0 amide bonds. The van der Waals surface area contributed by atoms with E-state index in [1.165, 1.54) is 39.0 Å². The zero-order valence-electron chi connectivity index (χ0n) is 23.4. The molecule has 2 aromatic carbocycles. The average molecular weight is 551 g/mol. The van der Waals surface area contributed by atoms with Crippen molar-refractivity contribution in [2.45, 2.75) is 43.8 Å². The predicted molar refractivity (Wildman–Crippen MR) is 160 cm³/mol. The molecule has 0 radical (unpaired) electrons. The van der Waals surface area contributed by atoms with Crippen LogP contribution in [0.3, 0.4) is 0 Å². The van der Waals surface area contributed by atoms with E-state index in [9.17, 15) is 0 Å². The molecule has 1 saturated carbocycles. The normalized spacial score (nSPS) is 25.9. The summed E-state index contributed by atoms with van der Waals surface area (Å²) in [4.78, 5) is 14.4. The smallest absolute Gasteiger partial charge is 0.164 e. The van der Waals surface area contributed by atoms with Crippen LogP contribution in [0, 0.1) is 11.8 Å². The first-order valence-electron chi connectivity index (χ1n) is 15.2. The second-order valence-electron chi connectivity index (χ2n) is 12.4. The van der Waals surface area contributed by atoms with Crippen molar-refractivity contribution >= 4 is 16.9 Å². The molecule has 5 heterocycles. The summed E-state index contributed by atoms with van der Waals surface area (Å²) >= 11 is 0. The summed E-state index contributed by atoms with van der Waals surface area (Å²) in [5, 5.41) is 9.53. The number of aromatic nitrogens is 4. The van der Waals surface area contributed by atoms with E-state index in [0.717, 1.165) is 77.6 Å². The third-order valence-corrected chi connectivity index (χ3v) is 10.0. The SMILES string of the molecule is Nc1ncnc2c1c(-c1ccc(Oc3ccccc3)cc1)nn2C1CCN(C2CN(C3C[C@H]4CNC[C@H]4C3)C2)CC1. The largest absolute Gasteiger partial charge is 0.457 e. The zero-order chi connectivity index (χ0) is 27.3. The number of benzene rings is 2. The lowest BCUT2D eigenvalue weighted by atomic mass is 9.97. The summed E-state index contributed by atoms with van der Waals surface area (Å²) in [5.41, 5.74) is 9.04. The van der Waals surface area contributed by atoms with E-state index >= 15 is 0 Å². The van der Waals surface area contributed by atoms with Gasteiger partial charge in [0.25, 0.3) is 0 Å². The fourth-order valence-electron chi connectivity index (χ4n) is 7.70. The van der Waals surface area contributed by atoms with E-state index < -0.39 is 0 Å². The number of nitrogens with one attached hydrogen (secondary N) is 1. The molecule has 8 rings (SSSR count). The molecule has 0 spiro atoms. The molecule has 212 valence electrons. The summed E-state index contributed by atoms with van der Waals surface area (Å²) in [6.45, 7) is 7.16. The standard InChI is InChI=1S/C32H38N8O/c33-31-29-30(21-6-8-28(9-7-21)41-27-4-2-1-3-5-27)37-40(32(29)36-20-35-31)24-10-12-38(13-11-24)26-18-39(19-26)25-14-22-16-34-17-23(22)15-25/h1-9,20,22-26,34H,10-19H2,(H2,33,35,36)/t22-,23+,25?. The highest BCUT2D eigenvalue weighted by atomic mass is 16.5. The lowest BCUT2D eigenvalue weighted by molar-refractivity contribution is -0.00962. The fourth-order valence-corrected chi connectivity index (χ4v) is 7.70.